The number of aryl methyl sites for hydroxylation is 1. The highest BCUT2D eigenvalue weighted by atomic mass is 19.4. The molecule has 0 bridgehead atoms. The van der Waals surface area contributed by atoms with E-state index < -0.39 is 24.3 Å². The second-order valence-corrected chi connectivity index (χ2v) is 3.67. The number of carbonyl (C=O) groups is 1. The number of hydrogen-bond donors (Lipinski definition) is 1. The minimum absolute atomic E-state index is 0.215. The number of hydrogen-bond acceptors (Lipinski definition) is 3. The van der Waals surface area contributed by atoms with Crippen LogP contribution in [-0.2, 0) is 22.3 Å². The first-order chi connectivity index (χ1) is 8.34. The highest BCUT2D eigenvalue weighted by molar-refractivity contribution is 5.75. The van der Waals surface area contributed by atoms with Crippen molar-refractivity contribution >= 4 is 5.91 Å². The van der Waals surface area contributed by atoms with Crippen molar-refractivity contribution in [1.29, 1.82) is 0 Å². The maximum absolute atomic E-state index is 12.6. The monoisotopic (exact) mass is 265 g/mol. The van der Waals surface area contributed by atoms with Crippen LogP contribution in [0.25, 0.3) is 0 Å². The van der Waals surface area contributed by atoms with E-state index in [1.165, 1.54) is 14.0 Å². The summed E-state index contributed by atoms with van der Waals surface area (Å²) in [6.45, 7) is 1.52. The molecule has 0 atom stereocenters. The van der Waals surface area contributed by atoms with Crippen LogP contribution in [-0.4, -0.2) is 35.9 Å². The Labute approximate surface area is 102 Å². The van der Waals surface area contributed by atoms with Gasteiger partial charge in [-0.15, -0.1) is 0 Å². The highest BCUT2D eigenvalue weighted by Gasteiger charge is 2.35. The lowest BCUT2D eigenvalue weighted by molar-refractivity contribution is -0.144. The molecule has 1 rings (SSSR count). The van der Waals surface area contributed by atoms with Crippen LogP contribution in [0.15, 0.2) is 6.07 Å². The molecule has 18 heavy (non-hydrogen) atoms. The minimum atomic E-state index is -4.52. The van der Waals surface area contributed by atoms with Crippen LogP contribution < -0.4 is 5.32 Å². The maximum atomic E-state index is 12.6. The normalized spacial score (nSPS) is 11.6. The van der Waals surface area contributed by atoms with Crippen molar-refractivity contribution in [3.8, 4) is 0 Å². The average Bonchev–Trinajstić information content (AvgIpc) is 2.59. The zero-order valence-corrected chi connectivity index (χ0v) is 10.0. The van der Waals surface area contributed by atoms with Gasteiger partial charge in [-0.25, -0.2) is 0 Å². The van der Waals surface area contributed by atoms with Crippen LogP contribution in [0, 0.1) is 6.92 Å². The van der Waals surface area contributed by atoms with Gasteiger partial charge in [-0.1, -0.05) is 0 Å². The predicted octanol–water partition coefficient (Wildman–Crippen LogP) is 0.973. The molecule has 0 aromatic carbocycles. The maximum Gasteiger partial charge on any atom is 0.433 e. The molecule has 1 heterocycles. The van der Waals surface area contributed by atoms with Crippen molar-refractivity contribution in [3.05, 3.63) is 17.5 Å². The Morgan fingerprint density at radius 1 is 1.56 bits per heavy atom. The molecule has 5 nitrogen and oxygen atoms in total. The topological polar surface area (TPSA) is 56.1 Å². The number of carbonyl (C=O) groups excluding carboxylic acids is 1. The van der Waals surface area contributed by atoms with Gasteiger partial charge in [0.25, 0.3) is 0 Å². The van der Waals surface area contributed by atoms with Crippen molar-refractivity contribution in [3.63, 3.8) is 0 Å². The van der Waals surface area contributed by atoms with Crippen molar-refractivity contribution in [2.24, 2.45) is 0 Å². The zero-order valence-electron chi connectivity index (χ0n) is 10.0. The average molecular weight is 265 g/mol. The highest BCUT2D eigenvalue weighted by Crippen LogP contribution is 2.29. The van der Waals surface area contributed by atoms with Crippen molar-refractivity contribution in [2.45, 2.75) is 19.6 Å². The zero-order chi connectivity index (χ0) is 13.8. The van der Waals surface area contributed by atoms with Gasteiger partial charge >= 0.3 is 6.18 Å². The fraction of sp³-hybridized carbons (Fsp3) is 0.600. The summed E-state index contributed by atoms with van der Waals surface area (Å²) in [5, 5.41) is 6.08. The van der Waals surface area contributed by atoms with Gasteiger partial charge in [-0.2, -0.15) is 18.3 Å². The van der Waals surface area contributed by atoms with Crippen molar-refractivity contribution in [1.82, 2.24) is 15.1 Å². The number of methoxy groups -OCH3 is 1. The summed E-state index contributed by atoms with van der Waals surface area (Å²) in [6, 6.07) is 0.905. The van der Waals surface area contributed by atoms with E-state index in [-0.39, 0.29) is 12.2 Å². The van der Waals surface area contributed by atoms with E-state index >= 15 is 0 Å². The quantitative estimate of drug-likeness (QED) is 0.807. The molecule has 1 aromatic heterocycles. The van der Waals surface area contributed by atoms with E-state index in [4.69, 9.17) is 4.74 Å². The van der Waals surface area contributed by atoms with Crippen LogP contribution in [0.2, 0.25) is 0 Å². The Balaban J connectivity index is 2.69. The first-order valence-electron chi connectivity index (χ1n) is 5.22. The molecular formula is C10H14F3N3O2. The molecule has 0 aliphatic rings. The summed E-state index contributed by atoms with van der Waals surface area (Å²) in [4.78, 5) is 11.4. The summed E-state index contributed by atoms with van der Waals surface area (Å²) < 4.78 is 43.2. The second kappa shape index (κ2) is 5.85. The number of halogens is 3. The van der Waals surface area contributed by atoms with E-state index in [9.17, 15) is 18.0 Å². The van der Waals surface area contributed by atoms with Crippen LogP contribution in [0.4, 0.5) is 13.2 Å². The molecule has 1 N–H and O–H groups in total. The number of rotatable bonds is 5. The first kappa shape index (κ1) is 14.5. The van der Waals surface area contributed by atoms with E-state index in [1.807, 2.05) is 0 Å². The summed E-state index contributed by atoms with van der Waals surface area (Å²) in [5.74, 6) is -0.541. The molecule has 0 saturated heterocycles. The molecule has 0 radical (unpaired) electrons. The number of nitrogens with one attached hydrogen (secondary N) is 1. The molecule has 102 valence electrons. The van der Waals surface area contributed by atoms with E-state index in [2.05, 4.69) is 10.4 Å². The van der Waals surface area contributed by atoms with Gasteiger partial charge in [0.05, 0.1) is 12.3 Å². The Morgan fingerprint density at radius 2 is 2.22 bits per heavy atom. The number of amides is 1. The van der Waals surface area contributed by atoms with Gasteiger partial charge in [-0.05, 0) is 13.0 Å². The predicted molar refractivity (Wildman–Crippen MR) is 56.9 cm³/mol. The third-order valence-corrected chi connectivity index (χ3v) is 2.11. The molecule has 0 spiro atoms. The van der Waals surface area contributed by atoms with Crippen LogP contribution in [0.5, 0.6) is 0 Å². The second-order valence-electron chi connectivity index (χ2n) is 3.67. The largest absolute Gasteiger partial charge is 0.433 e. The number of alkyl halides is 3. The number of nitrogens with zero attached hydrogens (tertiary/aromatic N) is 2. The lowest BCUT2D eigenvalue weighted by Gasteiger charge is -2.10. The molecule has 0 unspecified atom stereocenters. The lowest BCUT2D eigenvalue weighted by atomic mass is 10.3. The summed E-state index contributed by atoms with van der Waals surface area (Å²) in [6.07, 6.45) is -4.52. The Hall–Kier alpha value is -1.57. The third kappa shape index (κ3) is 4.02. The molecule has 0 fully saturated rings. The summed E-state index contributed by atoms with van der Waals surface area (Å²) >= 11 is 0. The van der Waals surface area contributed by atoms with Gasteiger partial charge in [0.2, 0.25) is 5.91 Å². The fourth-order valence-corrected chi connectivity index (χ4v) is 1.38. The van der Waals surface area contributed by atoms with Gasteiger partial charge in [0, 0.05) is 13.7 Å². The number of ether oxygens (including phenoxy) is 1. The summed E-state index contributed by atoms with van der Waals surface area (Å²) in [5.41, 5.74) is -0.714. The van der Waals surface area contributed by atoms with E-state index in [0.29, 0.717) is 11.3 Å². The van der Waals surface area contributed by atoms with E-state index in [0.717, 1.165) is 6.07 Å². The van der Waals surface area contributed by atoms with Gasteiger partial charge in [0.15, 0.2) is 0 Å². The molecular weight excluding hydrogens is 251 g/mol. The van der Waals surface area contributed by atoms with Crippen molar-refractivity contribution < 1.29 is 22.7 Å². The molecule has 0 saturated carbocycles. The Bertz CT molecular complexity index is 415. The minimum Gasteiger partial charge on any atom is -0.383 e. The van der Waals surface area contributed by atoms with E-state index in [1.54, 1.807) is 0 Å². The molecule has 1 amide bonds. The molecule has 8 heteroatoms. The Morgan fingerprint density at radius 3 is 2.78 bits per heavy atom. The van der Waals surface area contributed by atoms with Crippen LogP contribution in [0.3, 0.4) is 0 Å². The number of aromatic nitrogens is 2. The fourth-order valence-electron chi connectivity index (χ4n) is 1.38. The molecule has 0 aliphatic carbocycles. The lowest BCUT2D eigenvalue weighted by Crippen LogP contribution is -2.32. The summed E-state index contributed by atoms with van der Waals surface area (Å²) in [7, 11) is 1.46. The van der Waals surface area contributed by atoms with Crippen LogP contribution >= 0.6 is 0 Å². The Kier molecular flexibility index (Phi) is 4.71. The SMILES string of the molecule is COCCNC(=O)Cn1nc(C)cc1C(F)(F)F. The molecule has 1 aromatic rings. The van der Waals surface area contributed by atoms with Crippen molar-refractivity contribution in [2.75, 3.05) is 20.3 Å². The van der Waals surface area contributed by atoms with Gasteiger partial charge < -0.3 is 10.1 Å². The standard InChI is InChI=1S/C10H14F3N3O2/c1-7-5-8(10(11,12)13)16(15-7)6-9(17)14-3-4-18-2/h5H,3-4,6H2,1-2H3,(H,14,17). The smallest absolute Gasteiger partial charge is 0.383 e. The first-order valence-corrected chi connectivity index (χ1v) is 5.22. The third-order valence-electron chi connectivity index (χ3n) is 2.11. The van der Waals surface area contributed by atoms with Crippen LogP contribution in [0.1, 0.15) is 11.4 Å². The van der Waals surface area contributed by atoms with Gasteiger partial charge in [-0.3, -0.25) is 9.48 Å². The molecule has 0 aliphatic heterocycles. The van der Waals surface area contributed by atoms with Gasteiger partial charge in [0.1, 0.15) is 12.2 Å².